The lowest BCUT2D eigenvalue weighted by molar-refractivity contribution is -0.160. The van der Waals surface area contributed by atoms with Crippen LogP contribution in [-0.4, -0.2) is 59.3 Å². The Morgan fingerprint density at radius 2 is 1.53 bits per heavy atom. The Morgan fingerprint density at radius 3 is 2.05 bits per heavy atom. The third-order valence-corrected chi connectivity index (χ3v) is 2.13. The zero-order valence-corrected chi connectivity index (χ0v) is 12.6. The molecule has 0 aromatic heterocycles. The molecular formula is C11H22O7S. The van der Waals surface area contributed by atoms with Crippen LogP contribution in [0.2, 0.25) is 0 Å². The Balaban J connectivity index is 3.39. The van der Waals surface area contributed by atoms with Gasteiger partial charge in [-0.2, -0.15) is 8.42 Å². The van der Waals surface area contributed by atoms with E-state index in [0.29, 0.717) is 0 Å². The minimum atomic E-state index is -3.42. The number of ether oxygens (including phenoxy) is 3. The molecule has 0 aromatic carbocycles. The van der Waals surface area contributed by atoms with Gasteiger partial charge in [0.1, 0.15) is 12.2 Å². The summed E-state index contributed by atoms with van der Waals surface area (Å²) in [4.78, 5) is 11.2. The van der Waals surface area contributed by atoms with Crippen LogP contribution in [-0.2, 0) is 33.3 Å². The van der Waals surface area contributed by atoms with Gasteiger partial charge in [-0.25, -0.2) is 4.79 Å². The van der Waals surface area contributed by atoms with E-state index in [1.807, 2.05) is 0 Å². The van der Waals surface area contributed by atoms with Gasteiger partial charge in [0.2, 0.25) is 0 Å². The molecule has 0 unspecified atom stereocenters. The number of hydrogen-bond acceptors (Lipinski definition) is 7. The molecule has 0 aliphatic heterocycles. The van der Waals surface area contributed by atoms with Crippen LogP contribution in [0.5, 0.6) is 0 Å². The van der Waals surface area contributed by atoms with Crippen molar-refractivity contribution >= 4 is 16.1 Å². The van der Waals surface area contributed by atoms with Crippen molar-refractivity contribution in [3.8, 4) is 0 Å². The maximum Gasteiger partial charge on any atom is 0.332 e. The van der Waals surface area contributed by atoms with E-state index in [0.717, 1.165) is 6.26 Å². The Bertz CT molecular complexity index is 356. The van der Waals surface area contributed by atoms with Crippen LogP contribution < -0.4 is 0 Å². The van der Waals surface area contributed by atoms with Gasteiger partial charge in [-0.15, -0.1) is 0 Å². The quantitative estimate of drug-likeness (QED) is 0.344. The van der Waals surface area contributed by atoms with Crippen LogP contribution in [0.1, 0.15) is 20.8 Å². The highest BCUT2D eigenvalue weighted by atomic mass is 32.2. The summed E-state index contributed by atoms with van der Waals surface area (Å²) < 4.78 is 40.8. The lowest BCUT2D eigenvalue weighted by Crippen LogP contribution is -2.27. The average molecular weight is 298 g/mol. The lowest BCUT2D eigenvalue weighted by atomic mass is 10.2. The van der Waals surface area contributed by atoms with Crippen molar-refractivity contribution in [3.63, 3.8) is 0 Å². The molecule has 0 fully saturated rings. The molecule has 0 rings (SSSR count). The molecule has 19 heavy (non-hydrogen) atoms. The van der Waals surface area contributed by atoms with Crippen molar-refractivity contribution in [2.75, 3.05) is 39.3 Å². The summed E-state index contributed by atoms with van der Waals surface area (Å²) >= 11 is 0. The fraction of sp³-hybridized carbons (Fsp3) is 0.909. The number of carbonyl (C=O) groups is 1. The molecule has 0 heterocycles. The molecule has 8 heteroatoms. The van der Waals surface area contributed by atoms with Gasteiger partial charge in [0.15, 0.2) is 0 Å². The van der Waals surface area contributed by atoms with E-state index in [-0.39, 0.29) is 33.0 Å². The normalized spacial score (nSPS) is 12.4. The third-order valence-electron chi connectivity index (χ3n) is 1.54. The van der Waals surface area contributed by atoms with Crippen LogP contribution >= 0.6 is 0 Å². The van der Waals surface area contributed by atoms with Gasteiger partial charge < -0.3 is 14.2 Å². The first-order chi connectivity index (χ1) is 8.60. The summed E-state index contributed by atoms with van der Waals surface area (Å²) in [6.07, 6.45) is 0.969. The second-order valence-corrected chi connectivity index (χ2v) is 6.42. The third kappa shape index (κ3) is 15.2. The highest BCUT2D eigenvalue weighted by molar-refractivity contribution is 7.85. The van der Waals surface area contributed by atoms with Gasteiger partial charge in [-0.1, -0.05) is 0 Å². The predicted octanol–water partition coefficient (Wildman–Crippen LogP) is 0.338. The Hall–Kier alpha value is -0.700. The molecule has 0 atom stereocenters. The molecule has 0 amide bonds. The van der Waals surface area contributed by atoms with Gasteiger partial charge in [0.25, 0.3) is 10.1 Å². The van der Waals surface area contributed by atoms with Crippen molar-refractivity contribution in [3.05, 3.63) is 0 Å². The first kappa shape index (κ1) is 18.3. The van der Waals surface area contributed by atoms with Crippen molar-refractivity contribution in [1.29, 1.82) is 0 Å². The van der Waals surface area contributed by atoms with Gasteiger partial charge in [0.05, 0.1) is 32.7 Å². The molecular weight excluding hydrogens is 276 g/mol. The van der Waals surface area contributed by atoms with E-state index in [9.17, 15) is 13.2 Å². The predicted molar refractivity (Wildman–Crippen MR) is 68.3 cm³/mol. The second-order valence-electron chi connectivity index (χ2n) is 4.78. The molecule has 0 N–H and O–H groups in total. The first-order valence-electron chi connectivity index (χ1n) is 5.82. The largest absolute Gasteiger partial charge is 0.458 e. The zero-order chi connectivity index (χ0) is 14.9. The number of rotatable bonds is 9. The standard InChI is InChI=1S/C11H22O7S/c1-11(2,3)18-10(12)9-16-6-5-15-7-8-17-19(4,13)14/h5-9H2,1-4H3. The first-order valence-corrected chi connectivity index (χ1v) is 7.63. The Kier molecular flexibility index (Phi) is 8.15. The summed E-state index contributed by atoms with van der Waals surface area (Å²) in [7, 11) is -3.42. The highest BCUT2D eigenvalue weighted by Crippen LogP contribution is 2.06. The molecule has 0 saturated carbocycles. The summed E-state index contributed by atoms with van der Waals surface area (Å²) in [6.45, 7) is 5.75. The van der Waals surface area contributed by atoms with Gasteiger partial charge in [0, 0.05) is 0 Å². The van der Waals surface area contributed by atoms with E-state index in [1.54, 1.807) is 20.8 Å². The molecule has 0 saturated heterocycles. The maximum absolute atomic E-state index is 11.2. The molecule has 0 aromatic rings. The summed E-state index contributed by atoms with van der Waals surface area (Å²) in [5.74, 6) is -0.437. The molecule has 7 nitrogen and oxygen atoms in total. The van der Waals surface area contributed by atoms with Crippen molar-refractivity contribution in [2.45, 2.75) is 26.4 Å². The molecule has 0 aliphatic rings. The number of hydrogen-bond donors (Lipinski definition) is 0. The van der Waals surface area contributed by atoms with E-state index in [1.165, 1.54) is 0 Å². The van der Waals surface area contributed by atoms with Crippen molar-refractivity contribution in [2.24, 2.45) is 0 Å². The highest BCUT2D eigenvalue weighted by Gasteiger charge is 2.15. The summed E-state index contributed by atoms with van der Waals surface area (Å²) in [5, 5.41) is 0. The SMILES string of the molecule is CC(C)(C)OC(=O)COCCOCCOS(C)(=O)=O. The zero-order valence-electron chi connectivity index (χ0n) is 11.8. The second kappa shape index (κ2) is 8.47. The molecule has 0 radical (unpaired) electrons. The lowest BCUT2D eigenvalue weighted by Gasteiger charge is -2.19. The minimum Gasteiger partial charge on any atom is -0.458 e. The van der Waals surface area contributed by atoms with E-state index >= 15 is 0 Å². The smallest absolute Gasteiger partial charge is 0.332 e. The van der Waals surface area contributed by atoms with Crippen LogP contribution in [0.15, 0.2) is 0 Å². The van der Waals surface area contributed by atoms with Gasteiger partial charge >= 0.3 is 5.97 Å². The van der Waals surface area contributed by atoms with E-state index < -0.39 is 21.7 Å². The monoisotopic (exact) mass is 298 g/mol. The number of carbonyl (C=O) groups excluding carboxylic acids is 1. The summed E-state index contributed by atoms with van der Waals surface area (Å²) in [6, 6.07) is 0. The Morgan fingerprint density at radius 1 is 1.00 bits per heavy atom. The van der Waals surface area contributed by atoms with Crippen molar-refractivity contribution < 1.29 is 31.6 Å². The number of esters is 1. The fourth-order valence-corrected chi connectivity index (χ4v) is 1.36. The van der Waals surface area contributed by atoms with Gasteiger partial charge in [-0.3, -0.25) is 4.18 Å². The average Bonchev–Trinajstić information content (AvgIpc) is 2.17. The van der Waals surface area contributed by atoms with Gasteiger partial charge in [-0.05, 0) is 20.8 Å². The fourth-order valence-electron chi connectivity index (χ4n) is 0.991. The molecule has 114 valence electrons. The molecule has 0 spiro atoms. The Labute approximate surface area is 114 Å². The van der Waals surface area contributed by atoms with Crippen LogP contribution in [0, 0.1) is 0 Å². The van der Waals surface area contributed by atoms with E-state index in [2.05, 4.69) is 4.18 Å². The minimum absolute atomic E-state index is 0.0368. The van der Waals surface area contributed by atoms with Crippen molar-refractivity contribution in [1.82, 2.24) is 0 Å². The van der Waals surface area contributed by atoms with E-state index in [4.69, 9.17) is 14.2 Å². The molecule has 0 bridgehead atoms. The maximum atomic E-state index is 11.2. The van der Waals surface area contributed by atoms with Crippen LogP contribution in [0.25, 0.3) is 0 Å². The van der Waals surface area contributed by atoms with Crippen LogP contribution in [0.4, 0.5) is 0 Å². The van der Waals surface area contributed by atoms with Crippen LogP contribution in [0.3, 0.4) is 0 Å². The topological polar surface area (TPSA) is 88.1 Å². The summed E-state index contributed by atoms with van der Waals surface area (Å²) in [5.41, 5.74) is -0.528. The molecule has 0 aliphatic carbocycles.